The van der Waals surface area contributed by atoms with Crippen LogP contribution in [-0.2, 0) is 4.79 Å². The molecule has 0 saturated heterocycles. The number of carbonyl (C=O) groups is 1. The summed E-state index contributed by atoms with van der Waals surface area (Å²) in [7, 11) is 1.90. The molecule has 1 aromatic carbocycles. The molecule has 0 spiro atoms. The topological polar surface area (TPSA) is 55.6 Å². The zero-order chi connectivity index (χ0) is 15.1. The van der Waals surface area contributed by atoms with Crippen LogP contribution in [0.4, 0.5) is 5.69 Å². The summed E-state index contributed by atoms with van der Waals surface area (Å²) in [6.45, 7) is 1.30. The summed E-state index contributed by atoms with van der Waals surface area (Å²) in [5, 5.41) is 0. The smallest absolute Gasteiger partial charge is 0.225 e. The van der Waals surface area contributed by atoms with E-state index >= 15 is 0 Å². The Labute approximate surface area is 127 Å². The third kappa shape index (κ3) is 5.29. The largest absolute Gasteiger partial charge is 0.493 e. The molecule has 0 aliphatic heterocycles. The van der Waals surface area contributed by atoms with E-state index in [2.05, 4.69) is 0 Å². The van der Waals surface area contributed by atoms with E-state index in [-0.39, 0.29) is 5.91 Å². The highest BCUT2D eigenvalue weighted by atomic mass is 16.5. The van der Waals surface area contributed by atoms with E-state index in [1.807, 2.05) is 24.1 Å². The second-order valence-electron chi connectivity index (χ2n) is 5.95. The Balaban J connectivity index is 1.67. The number of amides is 1. The Morgan fingerprint density at radius 2 is 1.90 bits per heavy atom. The highest BCUT2D eigenvalue weighted by Gasteiger charge is 2.18. The van der Waals surface area contributed by atoms with Gasteiger partial charge in [-0.05, 0) is 43.0 Å². The van der Waals surface area contributed by atoms with Gasteiger partial charge in [0.25, 0.3) is 0 Å². The lowest BCUT2D eigenvalue weighted by Gasteiger charge is -2.27. The third-order valence-electron chi connectivity index (χ3n) is 4.15. The molecule has 0 radical (unpaired) electrons. The molecule has 21 heavy (non-hydrogen) atoms. The molecule has 1 aromatic rings. The third-order valence-corrected chi connectivity index (χ3v) is 4.15. The van der Waals surface area contributed by atoms with E-state index in [0.717, 1.165) is 12.3 Å². The van der Waals surface area contributed by atoms with Crippen LogP contribution < -0.4 is 10.5 Å². The van der Waals surface area contributed by atoms with Gasteiger partial charge in [-0.2, -0.15) is 0 Å². The first-order valence-electron chi connectivity index (χ1n) is 7.87. The fraction of sp³-hybridized carbons (Fsp3) is 0.588. The average molecular weight is 290 g/mol. The van der Waals surface area contributed by atoms with Gasteiger partial charge >= 0.3 is 0 Å². The maximum atomic E-state index is 12.1. The first-order valence-corrected chi connectivity index (χ1v) is 7.87. The van der Waals surface area contributed by atoms with Gasteiger partial charge in [-0.25, -0.2) is 0 Å². The SMILES string of the molecule is CN(CC1CCCCC1)C(=O)CCOc1ccc(N)cc1. The van der Waals surface area contributed by atoms with Gasteiger partial charge < -0.3 is 15.4 Å². The van der Waals surface area contributed by atoms with Gasteiger partial charge in [0.05, 0.1) is 13.0 Å². The molecule has 0 atom stereocenters. The maximum absolute atomic E-state index is 12.1. The maximum Gasteiger partial charge on any atom is 0.225 e. The molecule has 2 rings (SSSR count). The van der Waals surface area contributed by atoms with Crippen LogP contribution in [-0.4, -0.2) is 31.0 Å². The lowest BCUT2D eigenvalue weighted by atomic mass is 9.89. The van der Waals surface area contributed by atoms with Crippen LogP contribution >= 0.6 is 0 Å². The second kappa shape index (κ2) is 7.91. The molecule has 0 unspecified atom stereocenters. The summed E-state index contributed by atoms with van der Waals surface area (Å²) in [4.78, 5) is 14.0. The van der Waals surface area contributed by atoms with Crippen molar-refractivity contribution in [3.63, 3.8) is 0 Å². The molecule has 2 N–H and O–H groups in total. The van der Waals surface area contributed by atoms with Crippen molar-refractivity contribution in [2.45, 2.75) is 38.5 Å². The molecular formula is C17H26N2O2. The minimum Gasteiger partial charge on any atom is -0.493 e. The fourth-order valence-corrected chi connectivity index (χ4v) is 2.87. The Bertz CT molecular complexity index is 439. The molecule has 1 aliphatic carbocycles. The van der Waals surface area contributed by atoms with Gasteiger partial charge in [-0.3, -0.25) is 4.79 Å². The van der Waals surface area contributed by atoms with Crippen molar-refractivity contribution >= 4 is 11.6 Å². The Morgan fingerprint density at radius 1 is 1.24 bits per heavy atom. The van der Waals surface area contributed by atoms with Crippen molar-refractivity contribution in [3.8, 4) is 5.75 Å². The van der Waals surface area contributed by atoms with Gasteiger partial charge in [-0.15, -0.1) is 0 Å². The normalized spacial score (nSPS) is 15.7. The molecule has 4 nitrogen and oxygen atoms in total. The van der Waals surface area contributed by atoms with Crippen LogP contribution in [0.25, 0.3) is 0 Å². The van der Waals surface area contributed by atoms with Gasteiger partial charge in [0.2, 0.25) is 5.91 Å². The highest BCUT2D eigenvalue weighted by Crippen LogP contribution is 2.24. The molecule has 0 heterocycles. The van der Waals surface area contributed by atoms with Gasteiger partial charge in [0.1, 0.15) is 5.75 Å². The second-order valence-corrected chi connectivity index (χ2v) is 5.95. The average Bonchev–Trinajstić information content (AvgIpc) is 2.50. The van der Waals surface area contributed by atoms with Crippen LogP contribution in [0.5, 0.6) is 5.75 Å². The van der Waals surface area contributed by atoms with Gasteiger partial charge in [0, 0.05) is 19.3 Å². The molecule has 1 saturated carbocycles. The number of hydrogen-bond acceptors (Lipinski definition) is 3. The molecule has 1 fully saturated rings. The molecule has 4 heteroatoms. The molecular weight excluding hydrogens is 264 g/mol. The summed E-state index contributed by atoms with van der Waals surface area (Å²) >= 11 is 0. The van der Waals surface area contributed by atoms with Crippen LogP contribution in [0, 0.1) is 5.92 Å². The van der Waals surface area contributed by atoms with E-state index in [4.69, 9.17) is 10.5 Å². The number of carbonyl (C=O) groups excluding carboxylic acids is 1. The molecule has 0 bridgehead atoms. The van der Waals surface area contributed by atoms with Crippen LogP contribution in [0.1, 0.15) is 38.5 Å². The number of ether oxygens (including phenoxy) is 1. The predicted molar refractivity (Wildman–Crippen MR) is 85.2 cm³/mol. The first kappa shape index (κ1) is 15.7. The fourth-order valence-electron chi connectivity index (χ4n) is 2.87. The quantitative estimate of drug-likeness (QED) is 0.819. The lowest BCUT2D eigenvalue weighted by Crippen LogP contribution is -2.33. The Kier molecular flexibility index (Phi) is 5.90. The standard InChI is InChI=1S/C17H26N2O2/c1-19(13-14-5-3-2-4-6-14)17(20)11-12-21-16-9-7-15(18)8-10-16/h7-10,14H,2-6,11-13,18H2,1H3. The molecule has 116 valence electrons. The van der Waals surface area contributed by atoms with Gasteiger partial charge in [-0.1, -0.05) is 19.3 Å². The Hall–Kier alpha value is -1.71. The number of benzene rings is 1. The number of hydrogen-bond donors (Lipinski definition) is 1. The molecule has 1 aliphatic rings. The van der Waals surface area contributed by atoms with Crippen LogP contribution in [0.3, 0.4) is 0 Å². The lowest BCUT2D eigenvalue weighted by molar-refractivity contribution is -0.131. The number of nitrogen functional groups attached to an aromatic ring is 1. The van der Waals surface area contributed by atoms with Crippen molar-refractivity contribution in [1.29, 1.82) is 0 Å². The monoisotopic (exact) mass is 290 g/mol. The summed E-state index contributed by atoms with van der Waals surface area (Å²) in [5.41, 5.74) is 6.33. The van der Waals surface area contributed by atoms with Crippen molar-refractivity contribution in [1.82, 2.24) is 4.90 Å². The van der Waals surface area contributed by atoms with Crippen LogP contribution in [0.15, 0.2) is 24.3 Å². The van der Waals surface area contributed by atoms with Crippen molar-refractivity contribution < 1.29 is 9.53 Å². The number of nitrogens with two attached hydrogens (primary N) is 1. The van der Waals surface area contributed by atoms with E-state index in [9.17, 15) is 4.79 Å². The van der Waals surface area contributed by atoms with Crippen molar-refractivity contribution in [3.05, 3.63) is 24.3 Å². The van der Waals surface area contributed by atoms with E-state index < -0.39 is 0 Å². The first-order chi connectivity index (χ1) is 10.1. The number of nitrogens with zero attached hydrogens (tertiary/aromatic N) is 1. The number of anilines is 1. The van der Waals surface area contributed by atoms with Crippen molar-refractivity contribution in [2.75, 3.05) is 25.9 Å². The van der Waals surface area contributed by atoms with Gasteiger partial charge in [0.15, 0.2) is 0 Å². The van der Waals surface area contributed by atoms with E-state index in [1.165, 1.54) is 32.1 Å². The van der Waals surface area contributed by atoms with E-state index in [1.54, 1.807) is 12.1 Å². The van der Waals surface area contributed by atoms with Crippen molar-refractivity contribution in [2.24, 2.45) is 5.92 Å². The molecule has 1 amide bonds. The zero-order valence-electron chi connectivity index (χ0n) is 12.9. The Morgan fingerprint density at radius 3 is 2.57 bits per heavy atom. The minimum atomic E-state index is 0.163. The summed E-state index contributed by atoms with van der Waals surface area (Å²) in [6, 6.07) is 7.25. The minimum absolute atomic E-state index is 0.163. The van der Waals surface area contributed by atoms with E-state index in [0.29, 0.717) is 24.6 Å². The highest BCUT2D eigenvalue weighted by molar-refractivity contribution is 5.76. The molecule has 0 aromatic heterocycles. The summed E-state index contributed by atoms with van der Waals surface area (Å²) in [5.74, 6) is 1.61. The zero-order valence-corrected chi connectivity index (χ0v) is 12.9. The van der Waals surface area contributed by atoms with Crippen LogP contribution in [0.2, 0.25) is 0 Å². The predicted octanol–water partition coefficient (Wildman–Crippen LogP) is 3.08. The summed E-state index contributed by atoms with van der Waals surface area (Å²) in [6.07, 6.45) is 6.93. The summed E-state index contributed by atoms with van der Waals surface area (Å²) < 4.78 is 5.57. The number of rotatable bonds is 6.